The molecule has 3 aromatic carbocycles. The lowest BCUT2D eigenvalue weighted by atomic mass is 10.1. The molecule has 0 spiro atoms. The summed E-state index contributed by atoms with van der Waals surface area (Å²) in [5.74, 6) is 0.486. The van der Waals surface area contributed by atoms with Crippen molar-refractivity contribution in [3.63, 3.8) is 0 Å². The van der Waals surface area contributed by atoms with E-state index in [1.165, 1.54) is 0 Å². The van der Waals surface area contributed by atoms with Gasteiger partial charge in [0, 0.05) is 27.1 Å². The van der Waals surface area contributed by atoms with Gasteiger partial charge in [-0.1, -0.05) is 48.5 Å². The van der Waals surface area contributed by atoms with Gasteiger partial charge in [-0.25, -0.2) is 9.97 Å². The molecular weight excluding hydrogens is 358 g/mol. The van der Waals surface area contributed by atoms with Gasteiger partial charge >= 0.3 is 0 Å². The van der Waals surface area contributed by atoms with Crippen LogP contribution >= 0.6 is 0 Å². The van der Waals surface area contributed by atoms with Crippen molar-refractivity contribution in [2.75, 3.05) is 0 Å². The summed E-state index contributed by atoms with van der Waals surface area (Å²) in [5, 5.41) is 23.2. The fourth-order valence-electron chi connectivity index (χ4n) is 4.24. The molecule has 5 nitrogen and oxygen atoms in total. The number of benzene rings is 3. The van der Waals surface area contributed by atoms with Gasteiger partial charge in [0.2, 0.25) is 0 Å². The first-order valence-electron chi connectivity index (χ1n) is 9.16. The summed E-state index contributed by atoms with van der Waals surface area (Å²) in [4.78, 5) is 9.71. The minimum Gasteiger partial charge on any atom is -0.277 e. The molecule has 0 fully saturated rings. The normalized spacial score (nSPS) is 11.4. The summed E-state index contributed by atoms with van der Waals surface area (Å²) in [7, 11) is 0. The SMILES string of the molecule is N#Cc1ccccc1-c1nc2c3ccccc3c3c4cccc(C#N)c4c(n1)n23. The first-order chi connectivity index (χ1) is 14.3. The van der Waals surface area contributed by atoms with Crippen LogP contribution in [0.3, 0.4) is 0 Å². The van der Waals surface area contributed by atoms with Crippen molar-refractivity contribution >= 4 is 38.4 Å². The van der Waals surface area contributed by atoms with Gasteiger partial charge in [-0.05, 0) is 18.2 Å². The molecule has 0 amide bonds. The zero-order chi connectivity index (χ0) is 19.5. The lowest BCUT2D eigenvalue weighted by Gasteiger charge is -2.05. The maximum Gasteiger partial charge on any atom is 0.165 e. The second-order valence-electron chi connectivity index (χ2n) is 6.92. The zero-order valence-corrected chi connectivity index (χ0v) is 15.1. The molecular formula is C24H11N5. The first kappa shape index (κ1) is 15.6. The maximum absolute atomic E-state index is 9.71. The Morgan fingerprint density at radius 2 is 1.31 bits per heavy atom. The molecule has 0 atom stereocenters. The fourth-order valence-corrected chi connectivity index (χ4v) is 4.24. The summed E-state index contributed by atoms with van der Waals surface area (Å²) < 4.78 is 2.04. The largest absolute Gasteiger partial charge is 0.277 e. The number of nitriles is 2. The molecule has 29 heavy (non-hydrogen) atoms. The number of hydrogen-bond donors (Lipinski definition) is 0. The van der Waals surface area contributed by atoms with E-state index in [1.807, 2.05) is 59.0 Å². The first-order valence-corrected chi connectivity index (χ1v) is 9.16. The summed E-state index contributed by atoms with van der Waals surface area (Å²) in [6.07, 6.45) is 0. The highest BCUT2D eigenvalue weighted by molar-refractivity contribution is 6.22. The lowest BCUT2D eigenvalue weighted by Crippen LogP contribution is -1.97. The molecule has 5 heteroatoms. The summed E-state index contributed by atoms with van der Waals surface area (Å²) >= 11 is 0. The quantitative estimate of drug-likeness (QED) is 0.407. The van der Waals surface area contributed by atoms with Gasteiger partial charge in [0.25, 0.3) is 0 Å². The van der Waals surface area contributed by atoms with E-state index in [0.717, 1.165) is 32.7 Å². The summed E-state index contributed by atoms with van der Waals surface area (Å²) in [6.45, 7) is 0. The Morgan fingerprint density at radius 1 is 0.655 bits per heavy atom. The van der Waals surface area contributed by atoms with Crippen LogP contribution < -0.4 is 0 Å². The van der Waals surface area contributed by atoms with E-state index < -0.39 is 0 Å². The Labute approximate surface area is 165 Å². The van der Waals surface area contributed by atoms with Crippen molar-refractivity contribution in [1.82, 2.24) is 14.4 Å². The number of aromatic nitrogens is 3. The van der Waals surface area contributed by atoms with E-state index in [9.17, 15) is 10.5 Å². The Hall–Kier alpha value is -4.48. The molecule has 132 valence electrons. The minimum absolute atomic E-state index is 0.486. The van der Waals surface area contributed by atoms with Crippen molar-refractivity contribution in [3.05, 3.63) is 77.9 Å². The highest BCUT2D eigenvalue weighted by atomic mass is 15.1. The van der Waals surface area contributed by atoms with Crippen LogP contribution in [0.15, 0.2) is 66.7 Å². The Balaban J connectivity index is 1.92. The molecule has 0 radical (unpaired) electrons. The van der Waals surface area contributed by atoms with Crippen molar-refractivity contribution in [1.29, 1.82) is 10.5 Å². The van der Waals surface area contributed by atoms with Gasteiger partial charge in [0.15, 0.2) is 11.5 Å². The van der Waals surface area contributed by atoms with Crippen LogP contribution in [0.1, 0.15) is 11.1 Å². The average Bonchev–Trinajstić information content (AvgIpc) is 3.30. The van der Waals surface area contributed by atoms with E-state index >= 15 is 0 Å². The number of nitrogens with zero attached hydrogens (tertiary/aromatic N) is 5. The molecule has 0 saturated heterocycles. The Kier molecular flexibility index (Phi) is 2.96. The smallest absolute Gasteiger partial charge is 0.165 e. The maximum atomic E-state index is 9.71. The Bertz CT molecular complexity index is 1680. The molecule has 0 aliphatic carbocycles. The van der Waals surface area contributed by atoms with Crippen LogP contribution in [0.25, 0.3) is 49.7 Å². The van der Waals surface area contributed by atoms with Crippen LogP contribution in [0.5, 0.6) is 0 Å². The molecule has 0 N–H and O–H groups in total. The molecule has 0 unspecified atom stereocenters. The predicted molar refractivity (Wildman–Crippen MR) is 112 cm³/mol. The number of hydrogen-bond acceptors (Lipinski definition) is 4. The van der Waals surface area contributed by atoms with Gasteiger partial charge in [-0.3, -0.25) is 4.40 Å². The highest BCUT2D eigenvalue weighted by Gasteiger charge is 2.22. The second kappa shape index (κ2) is 5.51. The highest BCUT2D eigenvalue weighted by Crippen LogP contribution is 2.39. The molecule has 0 aliphatic heterocycles. The molecule has 0 aliphatic rings. The van der Waals surface area contributed by atoms with E-state index in [-0.39, 0.29) is 0 Å². The third kappa shape index (κ3) is 1.91. The van der Waals surface area contributed by atoms with Crippen molar-refractivity contribution < 1.29 is 0 Å². The fraction of sp³-hybridized carbons (Fsp3) is 0. The molecule has 3 aromatic heterocycles. The third-order valence-electron chi connectivity index (χ3n) is 5.45. The molecule has 6 rings (SSSR count). The Morgan fingerprint density at radius 3 is 2.14 bits per heavy atom. The van der Waals surface area contributed by atoms with E-state index in [1.54, 1.807) is 6.07 Å². The van der Waals surface area contributed by atoms with Gasteiger partial charge in [-0.2, -0.15) is 10.5 Å². The van der Waals surface area contributed by atoms with Crippen LogP contribution in [0, 0.1) is 22.7 Å². The van der Waals surface area contributed by atoms with Gasteiger partial charge < -0.3 is 0 Å². The van der Waals surface area contributed by atoms with Crippen LogP contribution in [0.2, 0.25) is 0 Å². The zero-order valence-electron chi connectivity index (χ0n) is 15.1. The topological polar surface area (TPSA) is 77.8 Å². The van der Waals surface area contributed by atoms with Crippen molar-refractivity contribution in [2.45, 2.75) is 0 Å². The van der Waals surface area contributed by atoms with E-state index in [2.05, 4.69) is 18.2 Å². The second-order valence-corrected chi connectivity index (χ2v) is 6.92. The third-order valence-corrected chi connectivity index (χ3v) is 5.45. The number of rotatable bonds is 1. The molecule has 0 bridgehead atoms. The van der Waals surface area contributed by atoms with Crippen LogP contribution in [-0.2, 0) is 0 Å². The van der Waals surface area contributed by atoms with Gasteiger partial charge in [0.1, 0.15) is 5.65 Å². The van der Waals surface area contributed by atoms with Gasteiger partial charge in [-0.15, -0.1) is 0 Å². The molecule has 6 aromatic rings. The monoisotopic (exact) mass is 369 g/mol. The van der Waals surface area contributed by atoms with Crippen LogP contribution in [0.4, 0.5) is 0 Å². The van der Waals surface area contributed by atoms with E-state index in [4.69, 9.17) is 9.97 Å². The standard InChI is InChI=1S/C24H11N5/c25-12-14-6-1-2-8-16(14)22-27-23-18-10-4-3-9-17(18)21-19-11-5-7-15(13-26)20(19)24(28-22)29(21)23/h1-11H. The van der Waals surface area contributed by atoms with E-state index in [0.29, 0.717) is 28.2 Å². The lowest BCUT2D eigenvalue weighted by molar-refractivity contribution is 1.14. The number of fused-ring (bicyclic) bond motifs is 6. The van der Waals surface area contributed by atoms with Crippen molar-refractivity contribution in [3.8, 4) is 23.5 Å². The summed E-state index contributed by atoms with van der Waals surface area (Å²) in [5.41, 5.74) is 4.27. The van der Waals surface area contributed by atoms with Gasteiger partial charge in [0.05, 0.1) is 28.8 Å². The van der Waals surface area contributed by atoms with Crippen LogP contribution in [-0.4, -0.2) is 14.4 Å². The predicted octanol–water partition coefficient (Wildman–Crippen LogP) is 5.04. The van der Waals surface area contributed by atoms with Crippen molar-refractivity contribution in [2.24, 2.45) is 0 Å². The molecule has 0 saturated carbocycles. The summed E-state index contributed by atoms with van der Waals surface area (Å²) in [6, 6.07) is 25.7. The minimum atomic E-state index is 0.486. The molecule has 3 heterocycles. The average molecular weight is 369 g/mol.